The molecule has 4 nitrogen and oxygen atoms in total. The van der Waals surface area contributed by atoms with Gasteiger partial charge in [-0.3, -0.25) is 4.90 Å². The van der Waals surface area contributed by atoms with Crippen molar-refractivity contribution in [3.63, 3.8) is 0 Å². The molecule has 5 heteroatoms. The number of aromatic nitrogens is 1. The van der Waals surface area contributed by atoms with E-state index in [1.165, 1.54) is 43.5 Å². The summed E-state index contributed by atoms with van der Waals surface area (Å²) in [5.41, 5.74) is 5.54. The molecule has 0 spiro atoms. The molecule has 0 radical (unpaired) electrons. The maximum absolute atomic E-state index is 5.59. The van der Waals surface area contributed by atoms with E-state index in [4.69, 9.17) is 4.74 Å². The van der Waals surface area contributed by atoms with Crippen molar-refractivity contribution in [1.29, 1.82) is 0 Å². The number of hydrogen-bond acceptors (Lipinski definition) is 5. The summed E-state index contributed by atoms with van der Waals surface area (Å²) in [5, 5.41) is 2.12. The number of ether oxygens (including phenoxy) is 1. The first-order valence-corrected chi connectivity index (χ1v) is 10.3. The molecule has 2 saturated heterocycles. The first-order chi connectivity index (χ1) is 12.3. The Labute approximate surface area is 154 Å². The van der Waals surface area contributed by atoms with Crippen LogP contribution in [0.15, 0.2) is 35.2 Å². The topological polar surface area (TPSA) is 28.6 Å². The van der Waals surface area contributed by atoms with E-state index in [0.29, 0.717) is 6.10 Å². The summed E-state index contributed by atoms with van der Waals surface area (Å²) < 4.78 is 5.59. The van der Waals surface area contributed by atoms with Crippen molar-refractivity contribution in [2.45, 2.75) is 37.8 Å². The van der Waals surface area contributed by atoms with Gasteiger partial charge in [-0.05, 0) is 44.4 Å². The van der Waals surface area contributed by atoms with Crippen LogP contribution in [0, 0.1) is 0 Å². The van der Waals surface area contributed by atoms with Crippen LogP contribution in [-0.2, 0) is 4.74 Å². The number of likely N-dealkylation sites (tertiary alicyclic amines) is 1. The van der Waals surface area contributed by atoms with Crippen LogP contribution in [0.1, 0.15) is 25.7 Å². The van der Waals surface area contributed by atoms with E-state index in [9.17, 15) is 0 Å². The highest BCUT2D eigenvalue weighted by Gasteiger charge is 2.28. The van der Waals surface area contributed by atoms with E-state index in [0.717, 1.165) is 31.4 Å². The molecule has 2 aromatic rings. The second kappa shape index (κ2) is 7.85. The molecule has 0 saturated carbocycles. The van der Waals surface area contributed by atoms with Gasteiger partial charge in [0.05, 0.1) is 17.3 Å². The van der Waals surface area contributed by atoms with E-state index in [1.807, 2.05) is 12.6 Å². The van der Waals surface area contributed by atoms with Crippen LogP contribution in [0.4, 0.5) is 5.69 Å². The Hall–Kier alpha value is -1.43. The van der Waals surface area contributed by atoms with E-state index >= 15 is 0 Å². The lowest BCUT2D eigenvalue weighted by Crippen LogP contribution is -2.50. The highest BCUT2D eigenvalue weighted by Crippen LogP contribution is 2.28. The first-order valence-electron chi connectivity index (χ1n) is 9.34. The molecule has 1 atom stereocenters. The summed E-state index contributed by atoms with van der Waals surface area (Å²) in [7, 11) is 1.85. The van der Waals surface area contributed by atoms with Crippen molar-refractivity contribution in [1.82, 2.24) is 9.88 Å². The third kappa shape index (κ3) is 3.89. The zero-order chi connectivity index (χ0) is 17.1. The van der Waals surface area contributed by atoms with Gasteiger partial charge in [-0.25, -0.2) is 4.98 Å². The van der Waals surface area contributed by atoms with Crippen LogP contribution >= 0.6 is 11.3 Å². The van der Waals surface area contributed by atoms with E-state index in [1.54, 1.807) is 11.3 Å². The largest absolute Gasteiger partial charge is 0.380 e. The first kappa shape index (κ1) is 17.0. The van der Waals surface area contributed by atoms with Crippen molar-refractivity contribution in [3.05, 3.63) is 35.2 Å². The fourth-order valence-electron chi connectivity index (χ4n) is 4.20. The molecule has 3 heterocycles. The van der Waals surface area contributed by atoms with Gasteiger partial charge in [-0.15, -0.1) is 11.3 Å². The predicted octanol–water partition coefficient (Wildman–Crippen LogP) is 3.89. The van der Waals surface area contributed by atoms with Gasteiger partial charge in [0, 0.05) is 49.4 Å². The number of nitrogens with zero attached hydrogens (tertiary/aromatic N) is 3. The van der Waals surface area contributed by atoms with Gasteiger partial charge >= 0.3 is 0 Å². The molecular weight excluding hydrogens is 330 g/mol. The van der Waals surface area contributed by atoms with Gasteiger partial charge in [0.2, 0.25) is 0 Å². The number of piperidine rings is 2. The fourth-order valence-corrected chi connectivity index (χ4v) is 4.76. The molecule has 1 aromatic carbocycles. The standard InChI is InChI=1S/C20H27N3OS/c1-24-19-6-3-9-23(13-19)17-7-10-22(11-8-17)18-5-2-4-16(12-18)20-14-25-15-21-20/h2,4-5,12,14-15,17,19H,3,6-11,13H2,1H3/t19-/m0/s1. The van der Waals surface area contributed by atoms with E-state index in [2.05, 4.69) is 44.4 Å². The Morgan fingerprint density at radius 1 is 1.16 bits per heavy atom. The second-order valence-electron chi connectivity index (χ2n) is 7.14. The van der Waals surface area contributed by atoms with Crippen LogP contribution in [0.3, 0.4) is 0 Å². The molecule has 134 valence electrons. The van der Waals surface area contributed by atoms with Crippen molar-refractivity contribution in [3.8, 4) is 11.3 Å². The Morgan fingerprint density at radius 2 is 2.04 bits per heavy atom. The van der Waals surface area contributed by atoms with Gasteiger partial charge < -0.3 is 9.64 Å². The maximum Gasteiger partial charge on any atom is 0.0811 e. The normalized spacial score (nSPS) is 23.1. The Balaban J connectivity index is 1.38. The van der Waals surface area contributed by atoms with Crippen LogP contribution in [-0.4, -0.2) is 55.3 Å². The lowest BCUT2D eigenvalue weighted by Gasteiger charge is -2.42. The minimum Gasteiger partial charge on any atom is -0.380 e. The molecule has 0 N–H and O–H groups in total. The molecule has 4 rings (SSSR count). The summed E-state index contributed by atoms with van der Waals surface area (Å²) in [6, 6.07) is 9.55. The second-order valence-corrected chi connectivity index (χ2v) is 7.86. The quantitative estimate of drug-likeness (QED) is 0.830. The smallest absolute Gasteiger partial charge is 0.0811 e. The Bertz CT molecular complexity index is 667. The molecule has 25 heavy (non-hydrogen) atoms. The molecule has 2 fully saturated rings. The number of rotatable bonds is 4. The minimum atomic E-state index is 0.432. The van der Waals surface area contributed by atoms with Crippen LogP contribution in [0.2, 0.25) is 0 Å². The van der Waals surface area contributed by atoms with Crippen molar-refractivity contribution >= 4 is 17.0 Å². The van der Waals surface area contributed by atoms with Gasteiger partial charge in [0.1, 0.15) is 0 Å². The van der Waals surface area contributed by atoms with Gasteiger partial charge in [-0.1, -0.05) is 12.1 Å². The molecule has 0 amide bonds. The van der Waals surface area contributed by atoms with E-state index < -0.39 is 0 Å². The number of benzene rings is 1. The predicted molar refractivity (Wildman–Crippen MR) is 104 cm³/mol. The average molecular weight is 358 g/mol. The van der Waals surface area contributed by atoms with Gasteiger partial charge in [-0.2, -0.15) is 0 Å². The molecule has 0 unspecified atom stereocenters. The molecule has 0 aliphatic carbocycles. The fraction of sp³-hybridized carbons (Fsp3) is 0.550. The maximum atomic E-state index is 5.59. The number of hydrogen-bond donors (Lipinski definition) is 0. The third-order valence-corrected chi connectivity index (χ3v) is 6.25. The number of methoxy groups -OCH3 is 1. The number of anilines is 1. The Kier molecular flexibility index (Phi) is 5.34. The SMILES string of the molecule is CO[C@H]1CCCN(C2CCN(c3cccc(-c4cscn4)c3)CC2)C1. The monoisotopic (exact) mass is 357 g/mol. The van der Waals surface area contributed by atoms with Crippen molar-refractivity contribution < 1.29 is 4.74 Å². The van der Waals surface area contributed by atoms with Gasteiger partial charge in [0.15, 0.2) is 0 Å². The summed E-state index contributed by atoms with van der Waals surface area (Å²) in [6.07, 6.45) is 5.42. The summed E-state index contributed by atoms with van der Waals surface area (Å²) in [5.74, 6) is 0. The van der Waals surface area contributed by atoms with E-state index in [-0.39, 0.29) is 0 Å². The van der Waals surface area contributed by atoms with Crippen molar-refractivity contribution in [2.75, 3.05) is 38.2 Å². The highest BCUT2D eigenvalue weighted by atomic mass is 32.1. The zero-order valence-electron chi connectivity index (χ0n) is 14.9. The summed E-state index contributed by atoms with van der Waals surface area (Å²) in [6.45, 7) is 4.63. The van der Waals surface area contributed by atoms with Crippen molar-refractivity contribution in [2.24, 2.45) is 0 Å². The van der Waals surface area contributed by atoms with Crippen LogP contribution in [0.25, 0.3) is 11.3 Å². The molecule has 1 aromatic heterocycles. The highest BCUT2D eigenvalue weighted by molar-refractivity contribution is 7.07. The molecule has 2 aliphatic rings. The third-order valence-electron chi connectivity index (χ3n) is 5.66. The summed E-state index contributed by atoms with van der Waals surface area (Å²) >= 11 is 1.65. The Morgan fingerprint density at radius 3 is 2.80 bits per heavy atom. The lowest BCUT2D eigenvalue weighted by molar-refractivity contribution is 0.0102. The van der Waals surface area contributed by atoms with Gasteiger partial charge in [0.25, 0.3) is 0 Å². The average Bonchev–Trinajstić information content (AvgIpc) is 3.23. The zero-order valence-corrected chi connectivity index (χ0v) is 15.8. The summed E-state index contributed by atoms with van der Waals surface area (Å²) in [4.78, 5) is 9.64. The number of thiazole rings is 1. The molecular formula is C20H27N3OS. The molecule has 2 aliphatic heterocycles. The van der Waals surface area contributed by atoms with Crippen LogP contribution < -0.4 is 4.90 Å². The molecule has 0 bridgehead atoms. The minimum absolute atomic E-state index is 0.432. The lowest BCUT2D eigenvalue weighted by atomic mass is 9.98. The van der Waals surface area contributed by atoms with Crippen LogP contribution in [0.5, 0.6) is 0 Å².